The van der Waals surface area contributed by atoms with E-state index < -0.39 is 17.7 Å². The Kier molecular flexibility index (Phi) is 5.62. The highest BCUT2D eigenvalue weighted by molar-refractivity contribution is 6.37. The zero-order chi connectivity index (χ0) is 11.8. The maximum atomic E-state index is 10.9. The van der Waals surface area contributed by atoms with Crippen LogP contribution in [0.25, 0.3) is 0 Å². The summed E-state index contributed by atoms with van der Waals surface area (Å²) in [6.45, 7) is 0. The number of hydrogen-bond donors (Lipinski definition) is 2. The zero-order valence-corrected chi connectivity index (χ0v) is 7.80. The summed E-state index contributed by atoms with van der Waals surface area (Å²) < 4.78 is 0. The molecule has 0 fully saturated rings. The Morgan fingerprint density at radius 1 is 1.00 bits per heavy atom. The summed E-state index contributed by atoms with van der Waals surface area (Å²) in [5, 5.41) is 16.4. The smallest absolute Gasteiger partial charge is 0.376 e. The minimum atomic E-state index is -1.59. The van der Waals surface area contributed by atoms with E-state index in [2.05, 4.69) is 0 Å². The van der Waals surface area contributed by atoms with Gasteiger partial charge in [0.2, 0.25) is 0 Å². The summed E-state index contributed by atoms with van der Waals surface area (Å²) in [6, 6.07) is 0. The standard InChI is InChI=1S/C9H10O6/c10-6(4-5-8(12)13)2-1-3-7(11)9(14)15/h1,3H,2,4-5H2,(H,12,13)(H,14,15). The minimum absolute atomic E-state index is 0.124. The van der Waals surface area contributed by atoms with Crippen molar-refractivity contribution in [3.8, 4) is 0 Å². The van der Waals surface area contributed by atoms with Gasteiger partial charge in [-0.1, -0.05) is 6.08 Å². The highest BCUT2D eigenvalue weighted by Crippen LogP contribution is 1.96. The fourth-order valence-corrected chi connectivity index (χ4v) is 0.717. The molecule has 0 aromatic carbocycles. The Morgan fingerprint density at radius 2 is 1.60 bits per heavy atom. The van der Waals surface area contributed by atoms with Gasteiger partial charge in [0.25, 0.3) is 5.78 Å². The van der Waals surface area contributed by atoms with Crippen molar-refractivity contribution >= 4 is 23.5 Å². The number of carbonyl (C=O) groups is 4. The highest BCUT2D eigenvalue weighted by Gasteiger charge is 2.07. The van der Waals surface area contributed by atoms with Gasteiger partial charge < -0.3 is 10.2 Å². The highest BCUT2D eigenvalue weighted by atomic mass is 16.4. The number of hydrogen-bond acceptors (Lipinski definition) is 4. The van der Waals surface area contributed by atoms with Crippen molar-refractivity contribution in [2.75, 3.05) is 0 Å². The van der Waals surface area contributed by atoms with Crippen molar-refractivity contribution in [3.63, 3.8) is 0 Å². The third kappa shape index (κ3) is 7.12. The number of ketones is 2. The summed E-state index contributed by atoms with van der Waals surface area (Å²) in [5.41, 5.74) is 0. The Labute approximate surface area is 85.2 Å². The predicted molar refractivity (Wildman–Crippen MR) is 48.3 cm³/mol. The number of rotatable bonds is 7. The lowest BCUT2D eigenvalue weighted by Crippen LogP contribution is -2.08. The van der Waals surface area contributed by atoms with Crippen LogP contribution in [0.1, 0.15) is 19.3 Å². The summed E-state index contributed by atoms with van der Waals surface area (Å²) in [5.74, 6) is -4.13. The van der Waals surface area contributed by atoms with Crippen LogP contribution >= 0.6 is 0 Å². The molecule has 0 bridgehead atoms. The first-order valence-corrected chi connectivity index (χ1v) is 4.10. The topological polar surface area (TPSA) is 109 Å². The van der Waals surface area contributed by atoms with Gasteiger partial charge in [-0.2, -0.15) is 0 Å². The number of Topliss-reactive ketones (excluding diaryl/α,β-unsaturated/α-hetero) is 1. The van der Waals surface area contributed by atoms with Crippen molar-refractivity contribution in [2.24, 2.45) is 0 Å². The number of carboxylic acid groups (broad SMARTS) is 2. The first-order chi connectivity index (χ1) is 6.93. The molecule has 0 aliphatic rings. The third-order valence-electron chi connectivity index (χ3n) is 1.44. The molecule has 0 saturated carbocycles. The van der Waals surface area contributed by atoms with E-state index in [1.54, 1.807) is 0 Å². The van der Waals surface area contributed by atoms with E-state index in [0.717, 1.165) is 12.2 Å². The molecule has 0 heterocycles. The normalized spacial score (nSPS) is 10.1. The van der Waals surface area contributed by atoms with Crippen LogP contribution in [0.15, 0.2) is 12.2 Å². The Balaban J connectivity index is 3.85. The summed E-state index contributed by atoms with van der Waals surface area (Å²) in [7, 11) is 0. The molecule has 0 atom stereocenters. The lowest BCUT2D eigenvalue weighted by atomic mass is 10.1. The SMILES string of the molecule is O=C(O)CCC(=O)CC=CC(=O)C(=O)O. The first-order valence-electron chi connectivity index (χ1n) is 4.10. The van der Waals surface area contributed by atoms with Gasteiger partial charge in [-0.25, -0.2) is 4.79 Å². The van der Waals surface area contributed by atoms with E-state index >= 15 is 0 Å². The monoisotopic (exact) mass is 214 g/mol. The molecule has 2 N–H and O–H groups in total. The van der Waals surface area contributed by atoms with Crippen LogP contribution in [0, 0.1) is 0 Å². The van der Waals surface area contributed by atoms with Crippen LogP contribution in [0.2, 0.25) is 0 Å². The van der Waals surface area contributed by atoms with Crippen molar-refractivity contribution in [1.29, 1.82) is 0 Å². The van der Waals surface area contributed by atoms with Crippen LogP contribution in [0.4, 0.5) is 0 Å². The van der Waals surface area contributed by atoms with Crippen molar-refractivity contribution < 1.29 is 29.4 Å². The average molecular weight is 214 g/mol. The third-order valence-corrected chi connectivity index (χ3v) is 1.44. The molecule has 0 aliphatic carbocycles. The maximum absolute atomic E-state index is 10.9. The van der Waals surface area contributed by atoms with Crippen LogP contribution in [0.3, 0.4) is 0 Å². The van der Waals surface area contributed by atoms with Gasteiger partial charge in [0.15, 0.2) is 0 Å². The molecule has 0 rings (SSSR count). The molecule has 0 aromatic heterocycles. The number of carboxylic acids is 2. The molecule has 6 heteroatoms. The van der Waals surface area contributed by atoms with Crippen LogP contribution in [-0.2, 0) is 19.2 Å². The molecule has 82 valence electrons. The first kappa shape index (κ1) is 13.0. The molecule has 0 unspecified atom stereocenters. The Bertz CT molecular complexity index is 315. The summed E-state index contributed by atoms with van der Waals surface area (Å²) >= 11 is 0. The molecule has 0 aromatic rings. The lowest BCUT2D eigenvalue weighted by molar-refractivity contribution is -0.146. The van der Waals surface area contributed by atoms with E-state index in [4.69, 9.17) is 10.2 Å². The molecule has 6 nitrogen and oxygen atoms in total. The van der Waals surface area contributed by atoms with Crippen LogP contribution < -0.4 is 0 Å². The number of allylic oxidation sites excluding steroid dienone is 1. The fourth-order valence-electron chi connectivity index (χ4n) is 0.717. The molecule has 0 aliphatic heterocycles. The Hall–Kier alpha value is -1.98. The molecule has 0 radical (unpaired) electrons. The summed E-state index contributed by atoms with van der Waals surface area (Å²) in [4.78, 5) is 41.5. The average Bonchev–Trinajstić information content (AvgIpc) is 2.14. The van der Waals surface area contributed by atoms with Gasteiger partial charge in [0, 0.05) is 12.8 Å². The second-order valence-corrected chi connectivity index (χ2v) is 2.71. The minimum Gasteiger partial charge on any atom is -0.481 e. The van der Waals surface area contributed by atoms with E-state index in [-0.39, 0.29) is 25.0 Å². The predicted octanol–water partition coefficient (Wildman–Crippen LogP) is 0.0203. The van der Waals surface area contributed by atoms with Gasteiger partial charge in [0.1, 0.15) is 5.78 Å². The largest absolute Gasteiger partial charge is 0.481 e. The van der Waals surface area contributed by atoms with E-state index in [9.17, 15) is 19.2 Å². The van der Waals surface area contributed by atoms with Crippen molar-refractivity contribution in [3.05, 3.63) is 12.2 Å². The van der Waals surface area contributed by atoms with Crippen LogP contribution in [-0.4, -0.2) is 33.7 Å². The molecule has 0 spiro atoms. The molecule has 0 amide bonds. The molecular weight excluding hydrogens is 204 g/mol. The number of aliphatic carboxylic acids is 2. The van der Waals surface area contributed by atoms with Gasteiger partial charge in [-0.15, -0.1) is 0 Å². The molecular formula is C9H10O6. The lowest BCUT2D eigenvalue weighted by Gasteiger charge is -1.92. The van der Waals surface area contributed by atoms with Gasteiger partial charge >= 0.3 is 11.9 Å². The second kappa shape index (κ2) is 6.47. The van der Waals surface area contributed by atoms with Gasteiger partial charge in [-0.05, 0) is 6.08 Å². The Morgan fingerprint density at radius 3 is 2.07 bits per heavy atom. The van der Waals surface area contributed by atoms with Crippen LogP contribution in [0.5, 0.6) is 0 Å². The fraction of sp³-hybridized carbons (Fsp3) is 0.333. The van der Waals surface area contributed by atoms with E-state index in [1.165, 1.54) is 0 Å². The zero-order valence-electron chi connectivity index (χ0n) is 7.80. The molecule has 15 heavy (non-hydrogen) atoms. The van der Waals surface area contributed by atoms with Gasteiger partial charge in [-0.3, -0.25) is 14.4 Å². The van der Waals surface area contributed by atoms with E-state index in [1.807, 2.05) is 0 Å². The maximum Gasteiger partial charge on any atom is 0.376 e. The van der Waals surface area contributed by atoms with Gasteiger partial charge in [0.05, 0.1) is 6.42 Å². The second-order valence-electron chi connectivity index (χ2n) is 2.71. The summed E-state index contributed by atoms with van der Waals surface area (Å²) in [6.07, 6.45) is 1.37. The quantitative estimate of drug-likeness (QED) is 0.456. The molecule has 0 saturated heterocycles. The van der Waals surface area contributed by atoms with Crippen molar-refractivity contribution in [1.82, 2.24) is 0 Å². The number of carbonyl (C=O) groups excluding carboxylic acids is 2. The van der Waals surface area contributed by atoms with Crippen molar-refractivity contribution in [2.45, 2.75) is 19.3 Å². The van der Waals surface area contributed by atoms with E-state index in [0.29, 0.717) is 0 Å².